The Hall–Kier alpha value is -6.85. The summed E-state index contributed by atoms with van der Waals surface area (Å²) in [4.78, 5) is 54.0. The third-order valence-electron chi connectivity index (χ3n) is 9.16. The van der Waals surface area contributed by atoms with Crippen LogP contribution in [0.4, 0.5) is 5.69 Å². The van der Waals surface area contributed by atoms with Crippen LogP contribution >= 0.6 is 0 Å². The van der Waals surface area contributed by atoms with Crippen molar-refractivity contribution in [3.8, 4) is 34.1 Å². The lowest BCUT2D eigenvalue weighted by atomic mass is 9.97. The van der Waals surface area contributed by atoms with Crippen LogP contribution in [-0.2, 0) is 9.84 Å². The second kappa shape index (κ2) is 12.7. The smallest absolute Gasteiger partial charge is 0.266 e. The van der Waals surface area contributed by atoms with Crippen molar-refractivity contribution in [3.63, 3.8) is 0 Å². The number of anilines is 1. The molecule has 4 amide bonds. The molecule has 0 radical (unpaired) electrons. The maximum Gasteiger partial charge on any atom is 0.266 e. The highest BCUT2D eigenvalue weighted by Crippen LogP contribution is 2.35. The molecule has 0 spiro atoms. The minimum atomic E-state index is -3.81. The molecule has 0 aromatic heterocycles. The number of imide groups is 2. The molecule has 6 aromatic carbocycles. The molecule has 0 fully saturated rings. The van der Waals surface area contributed by atoms with Gasteiger partial charge in [-0.3, -0.25) is 24.1 Å². The van der Waals surface area contributed by atoms with E-state index in [0.29, 0.717) is 45.4 Å². The van der Waals surface area contributed by atoms with E-state index in [1.54, 1.807) is 84.9 Å². The van der Waals surface area contributed by atoms with E-state index >= 15 is 0 Å². The Balaban J connectivity index is 0.938. The number of aryl methyl sites for hydroxylation is 1. The van der Waals surface area contributed by atoms with Crippen LogP contribution in [0.15, 0.2) is 143 Å². The minimum Gasteiger partial charge on any atom is -0.457 e. The molecular weight excluding hydrogens is 693 g/mol. The zero-order chi connectivity index (χ0) is 37.0. The van der Waals surface area contributed by atoms with Crippen LogP contribution in [0.2, 0.25) is 0 Å². The molecule has 0 bridgehead atoms. The Morgan fingerprint density at radius 2 is 0.830 bits per heavy atom. The zero-order valence-electron chi connectivity index (χ0n) is 28.3. The number of carbonyl (C=O) groups excluding carboxylic acids is 4. The van der Waals surface area contributed by atoms with E-state index in [1.165, 1.54) is 31.3 Å². The van der Waals surface area contributed by atoms with E-state index in [4.69, 9.17) is 9.47 Å². The van der Waals surface area contributed by atoms with Gasteiger partial charge < -0.3 is 9.47 Å². The van der Waals surface area contributed by atoms with Crippen molar-refractivity contribution in [1.29, 1.82) is 0 Å². The minimum absolute atomic E-state index is 0.0913. The van der Waals surface area contributed by atoms with E-state index in [-0.39, 0.29) is 32.4 Å². The van der Waals surface area contributed by atoms with E-state index in [1.807, 2.05) is 31.2 Å². The number of rotatable bonds is 8. The van der Waals surface area contributed by atoms with E-state index in [9.17, 15) is 27.6 Å². The summed E-state index contributed by atoms with van der Waals surface area (Å²) in [5.41, 5.74) is 3.76. The van der Waals surface area contributed by atoms with Crippen molar-refractivity contribution in [2.75, 3.05) is 11.9 Å². The van der Waals surface area contributed by atoms with Gasteiger partial charge in [0.05, 0.1) is 37.7 Å². The van der Waals surface area contributed by atoms with Gasteiger partial charge in [-0.25, -0.2) is 13.3 Å². The highest BCUT2D eigenvalue weighted by molar-refractivity contribution is 7.91. The van der Waals surface area contributed by atoms with Gasteiger partial charge >= 0.3 is 0 Å². The van der Waals surface area contributed by atoms with Crippen molar-refractivity contribution in [3.05, 3.63) is 161 Å². The van der Waals surface area contributed by atoms with Gasteiger partial charge in [-0.05, 0) is 127 Å². The first-order valence-electron chi connectivity index (χ1n) is 16.5. The fourth-order valence-corrected chi connectivity index (χ4v) is 7.51. The Bertz CT molecular complexity index is 2600. The number of fused-ring (bicyclic) bond motifs is 2. The topological polar surface area (TPSA) is 127 Å². The normalized spacial score (nSPS) is 13.7. The fraction of sp³-hybridized carbons (Fsp3) is 0.0476. The number of benzene rings is 6. The first-order chi connectivity index (χ1) is 25.5. The van der Waals surface area contributed by atoms with Crippen LogP contribution < -0.4 is 14.4 Å². The molecule has 6 aromatic rings. The van der Waals surface area contributed by atoms with Gasteiger partial charge in [-0.1, -0.05) is 29.8 Å². The van der Waals surface area contributed by atoms with Gasteiger partial charge in [-0.15, -0.1) is 0 Å². The van der Waals surface area contributed by atoms with Gasteiger partial charge in [0, 0.05) is 7.05 Å². The Morgan fingerprint density at radius 1 is 0.453 bits per heavy atom. The summed E-state index contributed by atoms with van der Waals surface area (Å²) >= 11 is 0. The standard InChI is InChI=1S/C42H28N2O8S/c1-25-3-9-29(10-4-25)51-31-13-17-33(18-14-31)53(49,50)34-19-15-32(16-20-34)52-30-11-7-28(8-12-30)44-41(47)36-22-6-27(24-38(36)42(44)48)26-5-21-35-37(23-26)40(46)43(2)39(35)45/h3-24H,1-2H3. The highest BCUT2D eigenvalue weighted by atomic mass is 32.2. The van der Waals surface area contributed by atoms with Gasteiger partial charge in [0.1, 0.15) is 23.0 Å². The lowest BCUT2D eigenvalue weighted by molar-refractivity contribution is 0.0692. The molecule has 0 unspecified atom stereocenters. The van der Waals surface area contributed by atoms with Crippen LogP contribution in [0.25, 0.3) is 11.1 Å². The second-order valence-electron chi connectivity index (χ2n) is 12.6. The molecule has 0 atom stereocenters. The number of nitrogens with zero attached hydrogens (tertiary/aromatic N) is 2. The molecule has 2 aliphatic heterocycles. The number of amides is 4. The predicted molar refractivity (Wildman–Crippen MR) is 196 cm³/mol. The van der Waals surface area contributed by atoms with Crippen molar-refractivity contribution in [2.45, 2.75) is 16.7 Å². The average Bonchev–Trinajstić information content (AvgIpc) is 3.55. The monoisotopic (exact) mass is 720 g/mol. The Kier molecular flexibility index (Phi) is 8.00. The third kappa shape index (κ3) is 5.92. The highest BCUT2D eigenvalue weighted by Gasteiger charge is 2.37. The molecule has 2 heterocycles. The molecule has 11 heteroatoms. The average molecular weight is 721 g/mol. The van der Waals surface area contributed by atoms with Crippen LogP contribution in [0, 0.1) is 6.92 Å². The summed E-state index contributed by atoms with van der Waals surface area (Å²) in [5.74, 6) is 0.204. The summed E-state index contributed by atoms with van der Waals surface area (Å²) in [7, 11) is -2.38. The van der Waals surface area contributed by atoms with Crippen LogP contribution in [-0.4, -0.2) is 44.0 Å². The number of ether oxygens (including phenoxy) is 2. The van der Waals surface area contributed by atoms with Crippen molar-refractivity contribution in [2.24, 2.45) is 0 Å². The molecule has 260 valence electrons. The zero-order valence-corrected chi connectivity index (χ0v) is 29.1. The van der Waals surface area contributed by atoms with E-state index < -0.39 is 27.6 Å². The lowest BCUT2D eigenvalue weighted by Gasteiger charge is -2.14. The molecule has 53 heavy (non-hydrogen) atoms. The Labute approximate surface area is 304 Å². The molecule has 0 aliphatic carbocycles. The summed E-state index contributed by atoms with van der Waals surface area (Å²) in [6.07, 6.45) is 0. The number of sulfone groups is 1. The van der Waals surface area contributed by atoms with Gasteiger partial charge in [0.25, 0.3) is 23.6 Å². The first kappa shape index (κ1) is 33.3. The first-order valence-corrected chi connectivity index (χ1v) is 17.9. The van der Waals surface area contributed by atoms with Gasteiger partial charge in [0.15, 0.2) is 0 Å². The Morgan fingerprint density at radius 3 is 1.32 bits per heavy atom. The van der Waals surface area contributed by atoms with Crippen LogP contribution in [0.3, 0.4) is 0 Å². The number of hydrogen-bond acceptors (Lipinski definition) is 8. The number of hydrogen-bond donors (Lipinski definition) is 0. The molecular formula is C42H28N2O8S. The summed E-state index contributed by atoms with van der Waals surface area (Å²) in [6.45, 7) is 1.98. The second-order valence-corrected chi connectivity index (χ2v) is 14.5. The van der Waals surface area contributed by atoms with Crippen LogP contribution in [0.1, 0.15) is 47.0 Å². The molecule has 10 nitrogen and oxygen atoms in total. The van der Waals surface area contributed by atoms with Gasteiger partial charge in [-0.2, -0.15) is 0 Å². The van der Waals surface area contributed by atoms with Crippen molar-refractivity contribution >= 4 is 39.2 Å². The lowest BCUT2D eigenvalue weighted by Crippen LogP contribution is -2.29. The molecule has 2 aliphatic rings. The summed E-state index contributed by atoms with van der Waals surface area (Å²) in [5, 5.41) is 0. The maximum absolute atomic E-state index is 13.5. The van der Waals surface area contributed by atoms with Gasteiger partial charge in [0.2, 0.25) is 9.84 Å². The van der Waals surface area contributed by atoms with E-state index in [0.717, 1.165) is 15.4 Å². The fourth-order valence-electron chi connectivity index (χ4n) is 6.25. The molecule has 0 saturated carbocycles. The van der Waals surface area contributed by atoms with E-state index in [2.05, 4.69) is 0 Å². The predicted octanol–water partition coefficient (Wildman–Crippen LogP) is 8.11. The quantitative estimate of drug-likeness (QED) is 0.144. The molecule has 8 rings (SSSR count). The van der Waals surface area contributed by atoms with Crippen molar-refractivity contribution < 1.29 is 37.1 Å². The largest absolute Gasteiger partial charge is 0.457 e. The van der Waals surface area contributed by atoms with Crippen molar-refractivity contribution in [1.82, 2.24) is 4.90 Å². The molecule has 0 saturated heterocycles. The maximum atomic E-state index is 13.5. The third-order valence-corrected chi connectivity index (χ3v) is 11.0. The summed E-state index contributed by atoms with van der Waals surface area (Å²) in [6, 6.07) is 36.0. The SMILES string of the molecule is Cc1ccc(Oc2ccc(S(=O)(=O)c3ccc(Oc4ccc(N5C(=O)c6ccc(-c7ccc8c(c7)C(=O)N(C)C8=O)cc6C5=O)cc4)cc3)cc2)cc1. The number of carbonyl (C=O) groups is 4. The summed E-state index contributed by atoms with van der Waals surface area (Å²) < 4.78 is 38.4. The molecule has 0 N–H and O–H groups in total. The van der Waals surface area contributed by atoms with Crippen LogP contribution in [0.5, 0.6) is 23.0 Å².